The number of sulfonamides is 1. The van der Waals surface area contributed by atoms with Crippen molar-refractivity contribution in [2.75, 3.05) is 5.73 Å². The number of hydrogen-bond donors (Lipinski definition) is 1. The van der Waals surface area contributed by atoms with Crippen molar-refractivity contribution in [2.24, 2.45) is 7.05 Å². The van der Waals surface area contributed by atoms with Crippen LogP contribution >= 0.6 is 0 Å². The van der Waals surface area contributed by atoms with E-state index in [0.717, 1.165) is 19.3 Å². The maximum Gasteiger partial charge on any atom is 0.262 e. The summed E-state index contributed by atoms with van der Waals surface area (Å²) in [6, 6.07) is 0.0149. The van der Waals surface area contributed by atoms with Gasteiger partial charge in [-0.25, -0.2) is 13.4 Å². The summed E-state index contributed by atoms with van der Waals surface area (Å²) in [7, 11) is -1.92. The van der Waals surface area contributed by atoms with E-state index >= 15 is 0 Å². The smallest absolute Gasteiger partial charge is 0.262 e. The molecule has 6 nitrogen and oxygen atoms in total. The molecule has 102 valence electrons. The molecule has 0 saturated carbocycles. The van der Waals surface area contributed by atoms with E-state index < -0.39 is 10.0 Å². The number of aromatic nitrogens is 2. The number of piperidine rings is 1. The van der Waals surface area contributed by atoms with Crippen LogP contribution in [0.2, 0.25) is 0 Å². The zero-order valence-corrected chi connectivity index (χ0v) is 11.8. The third-order valence-electron chi connectivity index (χ3n) is 3.54. The second-order valence-electron chi connectivity index (χ2n) is 5.01. The predicted molar refractivity (Wildman–Crippen MR) is 69.4 cm³/mol. The predicted octanol–water partition coefficient (Wildman–Crippen LogP) is 0.954. The van der Waals surface area contributed by atoms with Gasteiger partial charge in [-0.05, 0) is 26.7 Å². The van der Waals surface area contributed by atoms with Gasteiger partial charge in [0.2, 0.25) is 0 Å². The van der Waals surface area contributed by atoms with Gasteiger partial charge in [-0.3, -0.25) is 0 Å². The molecule has 1 aromatic rings. The van der Waals surface area contributed by atoms with Gasteiger partial charge in [0.1, 0.15) is 0 Å². The van der Waals surface area contributed by atoms with Gasteiger partial charge < -0.3 is 10.3 Å². The summed E-state index contributed by atoms with van der Waals surface area (Å²) in [6.45, 7) is 3.89. The Morgan fingerprint density at radius 3 is 2.33 bits per heavy atom. The lowest BCUT2D eigenvalue weighted by atomic mass is 10.0. The summed E-state index contributed by atoms with van der Waals surface area (Å²) in [6.07, 6.45) is 4.28. The normalized spacial score (nSPS) is 26.4. The number of imidazole rings is 1. The Morgan fingerprint density at radius 1 is 1.33 bits per heavy atom. The first kappa shape index (κ1) is 13.4. The molecule has 1 fully saturated rings. The molecule has 2 atom stereocenters. The highest BCUT2D eigenvalue weighted by Crippen LogP contribution is 2.30. The van der Waals surface area contributed by atoms with E-state index in [0.29, 0.717) is 0 Å². The molecule has 0 amide bonds. The Morgan fingerprint density at radius 2 is 1.89 bits per heavy atom. The highest BCUT2D eigenvalue weighted by Gasteiger charge is 2.38. The van der Waals surface area contributed by atoms with Crippen LogP contribution in [0.1, 0.15) is 33.1 Å². The lowest BCUT2D eigenvalue weighted by molar-refractivity contribution is 0.203. The van der Waals surface area contributed by atoms with E-state index in [2.05, 4.69) is 4.98 Å². The molecule has 2 heterocycles. The van der Waals surface area contributed by atoms with Gasteiger partial charge in [-0.1, -0.05) is 6.42 Å². The van der Waals surface area contributed by atoms with Gasteiger partial charge in [0.15, 0.2) is 10.8 Å². The molecule has 0 aliphatic carbocycles. The third kappa shape index (κ3) is 2.01. The standard InChI is InChI=1S/C11H20N4O2S/c1-8-5-4-6-9(2)15(8)18(16,17)11-10(12)13-7-14(11)3/h7-9H,4-6,12H2,1-3H3. The molecule has 2 unspecified atom stereocenters. The number of nitrogens with two attached hydrogens (primary N) is 1. The number of nitrogen functional groups attached to an aromatic ring is 1. The van der Waals surface area contributed by atoms with E-state index in [4.69, 9.17) is 5.73 Å². The fourth-order valence-corrected chi connectivity index (χ4v) is 4.81. The fourth-order valence-electron chi connectivity index (χ4n) is 2.72. The van der Waals surface area contributed by atoms with Crippen LogP contribution in [0.3, 0.4) is 0 Å². The average Bonchev–Trinajstić information content (AvgIpc) is 2.58. The van der Waals surface area contributed by atoms with Crippen molar-refractivity contribution in [1.82, 2.24) is 13.9 Å². The van der Waals surface area contributed by atoms with E-state index in [-0.39, 0.29) is 22.9 Å². The largest absolute Gasteiger partial charge is 0.381 e. The Kier molecular flexibility index (Phi) is 3.37. The summed E-state index contributed by atoms with van der Waals surface area (Å²) in [5.41, 5.74) is 5.69. The first-order valence-electron chi connectivity index (χ1n) is 6.16. The van der Waals surface area contributed by atoms with Gasteiger partial charge in [0, 0.05) is 19.1 Å². The maximum absolute atomic E-state index is 12.7. The molecule has 0 radical (unpaired) electrons. The molecule has 0 aromatic carbocycles. The molecule has 1 saturated heterocycles. The Bertz CT molecular complexity index is 508. The van der Waals surface area contributed by atoms with Crippen LogP contribution in [0.15, 0.2) is 11.4 Å². The summed E-state index contributed by atoms with van der Waals surface area (Å²) in [5.74, 6) is 0.0717. The molecule has 0 bridgehead atoms. The highest BCUT2D eigenvalue weighted by molar-refractivity contribution is 7.89. The SMILES string of the molecule is CC1CCCC(C)N1S(=O)(=O)c1c(N)ncn1C. The van der Waals surface area contributed by atoms with Gasteiger partial charge in [0.25, 0.3) is 10.0 Å². The first-order chi connectivity index (χ1) is 8.35. The van der Waals surface area contributed by atoms with Gasteiger partial charge >= 0.3 is 0 Å². The van der Waals surface area contributed by atoms with Crippen LogP contribution in [0, 0.1) is 0 Å². The van der Waals surface area contributed by atoms with Gasteiger partial charge in [-0.2, -0.15) is 4.31 Å². The van der Waals surface area contributed by atoms with Crippen molar-refractivity contribution < 1.29 is 8.42 Å². The van der Waals surface area contributed by atoms with Crippen molar-refractivity contribution >= 4 is 15.8 Å². The molecule has 18 heavy (non-hydrogen) atoms. The van der Waals surface area contributed by atoms with Crippen molar-refractivity contribution in [1.29, 1.82) is 0 Å². The quantitative estimate of drug-likeness (QED) is 0.869. The molecule has 1 aliphatic rings. The second kappa shape index (κ2) is 4.55. The van der Waals surface area contributed by atoms with Crippen LogP contribution in [-0.4, -0.2) is 34.4 Å². The third-order valence-corrected chi connectivity index (χ3v) is 5.80. The fraction of sp³-hybridized carbons (Fsp3) is 0.727. The highest BCUT2D eigenvalue weighted by atomic mass is 32.2. The van der Waals surface area contributed by atoms with Crippen LogP contribution in [0.25, 0.3) is 0 Å². The van der Waals surface area contributed by atoms with Gasteiger partial charge in [-0.15, -0.1) is 0 Å². The molecular formula is C11H20N4O2S. The molecular weight excluding hydrogens is 252 g/mol. The van der Waals surface area contributed by atoms with Crippen molar-refractivity contribution in [2.45, 2.75) is 50.2 Å². The van der Waals surface area contributed by atoms with Crippen LogP contribution in [0.5, 0.6) is 0 Å². The number of nitrogens with zero attached hydrogens (tertiary/aromatic N) is 3. The monoisotopic (exact) mass is 272 g/mol. The molecule has 2 N–H and O–H groups in total. The summed E-state index contributed by atoms with van der Waals surface area (Å²) < 4.78 is 28.4. The van der Waals surface area contributed by atoms with Crippen molar-refractivity contribution in [3.05, 3.63) is 6.33 Å². The Hall–Kier alpha value is -1.08. The Labute approximate surface area is 108 Å². The van der Waals surface area contributed by atoms with E-state index in [1.165, 1.54) is 10.9 Å². The molecule has 0 spiro atoms. The first-order valence-corrected chi connectivity index (χ1v) is 7.60. The van der Waals surface area contributed by atoms with Crippen LogP contribution in [0.4, 0.5) is 5.82 Å². The maximum atomic E-state index is 12.7. The van der Waals surface area contributed by atoms with E-state index in [1.807, 2.05) is 13.8 Å². The second-order valence-corrected chi connectivity index (χ2v) is 6.77. The zero-order valence-electron chi connectivity index (χ0n) is 11.0. The number of rotatable bonds is 2. The summed E-state index contributed by atoms with van der Waals surface area (Å²) >= 11 is 0. The minimum Gasteiger partial charge on any atom is -0.381 e. The van der Waals surface area contributed by atoms with Crippen LogP contribution in [-0.2, 0) is 17.1 Å². The number of aryl methyl sites for hydroxylation is 1. The lowest BCUT2D eigenvalue weighted by Crippen LogP contribution is -2.47. The topological polar surface area (TPSA) is 81.2 Å². The minimum absolute atomic E-state index is 0.00745. The molecule has 1 aliphatic heterocycles. The lowest BCUT2D eigenvalue weighted by Gasteiger charge is -2.37. The molecule has 7 heteroatoms. The van der Waals surface area contributed by atoms with Crippen molar-refractivity contribution in [3.8, 4) is 0 Å². The number of hydrogen-bond acceptors (Lipinski definition) is 4. The zero-order chi connectivity index (χ0) is 13.5. The summed E-state index contributed by atoms with van der Waals surface area (Å²) in [5, 5.41) is 0.100. The minimum atomic E-state index is -3.57. The average molecular weight is 272 g/mol. The van der Waals surface area contributed by atoms with Crippen molar-refractivity contribution in [3.63, 3.8) is 0 Å². The van der Waals surface area contributed by atoms with Gasteiger partial charge in [0.05, 0.1) is 6.33 Å². The Balaban J connectivity index is 2.48. The van der Waals surface area contributed by atoms with E-state index in [9.17, 15) is 8.42 Å². The van der Waals surface area contributed by atoms with Crippen LogP contribution < -0.4 is 5.73 Å². The molecule has 2 rings (SSSR count). The van der Waals surface area contributed by atoms with E-state index in [1.54, 1.807) is 11.4 Å². The molecule has 1 aromatic heterocycles. The summed E-state index contributed by atoms with van der Waals surface area (Å²) in [4.78, 5) is 3.86. The number of anilines is 1.